The average molecular weight is 328 g/mol. The standard InChI is InChI=1S/C15H22BrNO2/c1-19-15(7-2-8-15)9-14(18)13(10-17)11-3-5-12(16)6-4-11/h3-6,13-14,18H,2,7-10,17H2,1H3. The first kappa shape index (κ1) is 15.0. The maximum absolute atomic E-state index is 10.5. The number of rotatable bonds is 6. The van der Waals surface area contributed by atoms with E-state index in [4.69, 9.17) is 10.5 Å². The van der Waals surface area contributed by atoms with E-state index < -0.39 is 6.10 Å². The Balaban J connectivity index is 2.06. The van der Waals surface area contributed by atoms with Crippen LogP contribution in [0, 0.1) is 0 Å². The van der Waals surface area contributed by atoms with Gasteiger partial charge in [0.15, 0.2) is 0 Å². The number of aliphatic hydroxyl groups excluding tert-OH is 1. The van der Waals surface area contributed by atoms with Crippen molar-refractivity contribution in [1.29, 1.82) is 0 Å². The lowest BCUT2D eigenvalue weighted by molar-refractivity contribution is -0.102. The Kier molecular flexibility index (Phi) is 5.01. The fraction of sp³-hybridized carbons (Fsp3) is 0.600. The Morgan fingerprint density at radius 1 is 1.37 bits per heavy atom. The SMILES string of the molecule is COC1(CC(O)C(CN)c2ccc(Br)cc2)CCC1. The summed E-state index contributed by atoms with van der Waals surface area (Å²) in [6.45, 7) is 0.447. The molecule has 1 saturated carbocycles. The molecule has 2 atom stereocenters. The molecule has 4 heteroatoms. The van der Waals surface area contributed by atoms with Gasteiger partial charge >= 0.3 is 0 Å². The van der Waals surface area contributed by atoms with Crippen molar-refractivity contribution in [2.75, 3.05) is 13.7 Å². The first-order valence-corrected chi connectivity index (χ1v) is 7.58. The Morgan fingerprint density at radius 3 is 2.42 bits per heavy atom. The fourth-order valence-electron chi connectivity index (χ4n) is 2.81. The molecule has 1 aliphatic carbocycles. The summed E-state index contributed by atoms with van der Waals surface area (Å²) in [6.07, 6.45) is 3.48. The van der Waals surface area contributed by atoms with Crippen molar-refractivity contribution in [3.63, 3.8) is 0 Å². The van der Waals surface area contributed by atoms with Crippen molar-refractivity contribution >= 4 is 15.9 Å². The van der Waals surface area contributed by atoms with Gasteiger partial charge in [-0.05, 0) is 37.0 Å². The minimum atomic E-state index is -0.452. The summed E-state index contributed by atoms with van der Waals surface area (Å²) in [5.74, 6) is -0.0271. The van der Waals surface area contributed by atoms with Gasteiger partial charge in [0.1, 0.15) is 0 Å². The third-order valence-electron chi connectivity index (χ3n) is 4.30. The molecule has 2 rings (SSSR count). The molecule has 3 nitrogen and oxygen atoms in total. The summed E-state index contributed by atoms with van der Waals surface area (Å²) < 4.78 is 6.62. The minimum absolute atomic E-state index is 0.0271. The van der Waals surface area contributed by atoms with E-state index in [9.17, 15) is 5.11 Å². The van der Waals surface area contributed by atoms with Crippen molar-refractivity contribution in [3.05, 3.63) is 34.3 Å². The third kappa shape index (κ3) is 3.37. The molecule has 0 spiro atoms. The quantitative estimate of drug-likeness (QED) is 0.844. The molecule has 3 N–H and O–H groups in total. The van der Waals surface area contributed by atoms with Crippen LogP contribution in [-0.4, -0.2) is 30.5 Å². The van der Waals surface area contributed by atoms with Crippen molar-refractivity contribution in [3.8, 4) is 0 Å². The highest BCUT2D eigenvalue weighted by Crippen LogP contribution is 2.40. The molecule has 1 aromatic rings. The van der Waals surface area contributed by atoms with E-state index in [-0.39, 0.29) is 11.5 Å². The van der Waals surface area contributed by atoms with Crippen molar-refractivity contribution in [2.24, 2.45) is 5.73 Å². The van der Waals surface area contributed by atoms with Gasteiger partial charge in [-0.1, -0.05) is 28.1 Å². The van der Waals surface area contributed by atoms with Crippen LogP contribution in [0.4, 0.5) is 0 Å². The topological polar surface area (TPSA) is 55.5 Å². The van der Waals surface area contributed by atoms with Gasteiger partial charge in [0.25, 0.3) is 0 Å². The molecule has 1 aliphatic rings. The molecule has 0 bridgehead atoms. The number of halogens is 1. The van der Waals surface area contributed by atoms with E-state index in [1.165, 1.54) is 6.42 Å². The Morgan fingerprint density at radius 2 is 2.00 bits per heavy atom. The number of benzene rings is 1. The molecule has 2 unspecified atom stereocenters. The molecule has 0 radical (unpaired) electrons. The van der Waals surface area contributed by atoms with Gasteiger partial charge in [0.2, 0.25) is 0 Å². The second kappa shape index (κ2) is 6.35. The van der Waals surface area contributed by atoms with Crippen LogP contribution in [0.2, 0.25) is 0 Å². The average Bonchev–Trinajstić information content (AvgIpc) is 2.37. The maximum atomic E-state index is 10.5. The van der Waals surface area contributed by atoms with Crippen LogP contribution in [0.15, 0.2) is 28.7 Å². The van der Waals surface area contributed by atoms with E-state index in [2.05, 4.69) is 15.9 Å². The summed E-state index contributed by atoms with van der Waals surface area (Å²) in [7, 11) is 1.74. The summed E-state index contributed by atoms with van der Waals surface area (Å²) >= 11 is 3.42. The summed E-state index contributed by atoms with van der Waals surface area (Å²) in [5.41, 5.74) is 6.82. The largest absolute Gasteiger partial charge is 0.392 e. The minimum Gasteiger partial charge on any atom is -0.392 e. The molecular formula is C15H22BrNO2. The first-order chi connectivity index (χ1) is 9.10. The molecular weight excluding hydrogens is 306 g/mol. The predicted molar refractivity (Wildman–Crippen MR) is 80.2 cm³/mol. The molecule has 0 aliphatic heterocycles. The van der Waals surface area contributed by atoms with E-state index in [0.29, 0.717) is 13.0 Å². The maximum Gasteiger partial charge on any atom is 0.0703 e. The van der Waals surface area contributed by atoms with Crippen LogP contribution < -0.4 is 5.73 Å². The van der Waals surface area contributed by atoms with Gasteiger partial charge in [-0.25, -0.2) is 0 Å². The van der Waals surface area contributed by atoms with E-state index in [1.807, 2.05) is 24.3 Å². The molecule has 106 valence electrons. The smallest absolute Gasteiger partial charge is 0.0703 e. The Labute approximate surface area is 123 Å². The zero-order valence-corrected chi connectivity index (χ0v) is 12.9. The van der Waals surface area contributed by atoms with Crippen molar-refractivity contribution in [2.45, 2.75) is 43.3 Å². The lowest BCUT2D eigenvalue weighted by Crippen LogP contribution is -2.44. The molecule has 1 fully saturated rings. The fourth-order valence-corrected chi connectivity index (χ4v) is 3.08. The van der Waals surface area contributed by atoms with Crippen LogP contribution in [0.1, 0.15) is 37.2 Å². The van der Waals surface area contributed by atoms with E-state index >= 15 is 0 Å². The number of hydrogen-bond donors (Lipinski definition) is 2. The molecule has 0 saturated heterocycles. The lowest BCUT2D eigenvalue weighted by atomic mass is 9.73. The van der Waals surface area contributed by atoms with Crippen LogP contribution >= 0.6 is 15.9 Å². The number of ether oxygens (including phenoxy) is 1. The summed E-state index contributed by atoms with van der Waals surface area (Å²) in [5, 5.41) is 10.5. The first-order valence-electron chi connectivity index (χ1n) is 6.79. The van der Waals surface area contributed by atoms with Crippen LogP contribution in [0.5, 0.6) is 0 Å². The number of hydrogen-bond acceptors (Lipinski definition) is 3. The normalized spacial score (nSPS) is 20.6. The van der Waals surface area contributed by atoms with Gasteiger partial charge in [-0.3, -0.25) is 0 Å². The predicted octanol–water partition coefficient (Wildman–Crippen LogP) is 2.81. The molecule has 0 aromatic heterocycles. The lowest BCUT2D eigenvalue weighted by Gasteiger charge is -2.43. The summed E-state index contributed by atoms with van der Waals surface area (Å²) in [4.78, 5) is 0. The van der Waals surface area contributed by atoms with Crippen molar-refractivity contribution in [1.82, 2.24) is 0 Å². The Bertz CT molecular complexity index is 398. The highest BCUT2D eigenvalue weighted by atomic mass is 79.9. The number of aliphatic hydroxyl groups is 1. The second-order valence-corrected chi connectivity index (χ2v) is 6.32. The summed E-state index contributed by atoms with van der Waals surface area (Å²) in [6, 6.07) is 8.01. The van der Waals surface area contributed by atoms with Crippen molar-refractivity contribution < 1.29 is 9.84 Å². The number of nitrogens with two attached hydrogens (primary N) is 1. The van der Waals surface area contributed by atoms with Gasteiger partial charge in [-0.2, -0.15) is 0 Å². The van der Waals surface area contributed by atoms with E-state index in [0.717, 1.165) is 22.9 Å². The molecule has 19 heavy (non-hydrogen) atoms. The van der Waals surface area contributed by atoms with Gasteiger partial charge in [0, 0.05) is 30.5 Å². The second-order valence-electron chi connectivity index (χ2n) is 5.41. The Hall–Kier alpha value is -0.420. The van der Waals surface area contributed by atoms with Gasteiger partial charge in [-0.15, -0.1) is 0 Å². The van der Waals surface area contributed by atoms with Gasteiger partial charge < -0.3 is 15.6 Å². The van der Waals surface area contributed by atoms with Crippen LogP contribution in [0.3, 0.4) is 0 Å². The highest BCUT2D eigenvalue weighted by Gasteiger charge is 2.40. The molecule has 0 amide bonds. The third-order valence-corrected chi connectivity index (χ3v) is 4.82. The monoisotopic (exact) mass is 327 g/mol. The van der Waals surface area contributed by atoms with E-state index in [1.54, 1.807) is 7.11 Å². The zero-order valence-electron chi connectivity index (χ0n) is 11.3. The molecule has 1 aromatic carbocycles. The highest BCUT2D eigenvalue weighted by molar-refractivity contribution is 9.10. The van der Waals surface area contributed by atoms with Crippen LogP contribution in [0.25, 0.3) is 0 Å². The molecule has 0 heterocycles. The zero-order chi connectivity index (χ0) is 13.9. The number of methoxy groups -OCH3 is 1. The van der Waals surface area contributed by atoms with Crippen LogP contribution in [-0.2, 0) is 4.74 Å². The van der Waals surface area contributed by atoms with Gasteiger partial charge in [0.05, 0.1) is 11.7 Å².